The number of rotatable bonds is 8. The molecule has 1 aromatic carbocycles. The van der Waals surface area contributed by atoms with E-state index in [-0.39, 0.29) is 0 Å². The van der Waals surface area contributed by atoms with E-state index in [1.54, 1.807) is 0 Å². The van der Waals surface area contributed by atoms with E-state index in [1.807, 2.05) is 0 Å². The topological polar surface area (TPSA) is 29.9 Å². The quantitative estimate of drug-likeness (QED) is 0.741. The fourth-order valence-corrected chi connectivity index (χ4v) is 2.86. The summed E-state index contributed by atoms with van der Waals surface area (Å²) in [5.41, 5.74) is 2.39. The van der Waals surface area contributed by atoms with E-state index < -0.39 is 0 Å². The zero-order valence-electron chi connectivity index (χ0n) is 12.4. The van der Waals surface area contributed by atoms with Crippen molar-refractivity contribution in [1.29, 1.82) is 0 Å². The predicted molar refractivity (Wildman–Crippen MR) is 83.7 cm³/mol. The molecule has 0 radical (unpaired) electrons. The van der Waals surface area contributed by atoms with Gasteiger partial charge in [-0.25, -0.2) is 4.98 Å². The maximum absolute atomic E-state index is 4.78. The average molecular weight is 271 g/mol. The van der Waals surface area contributed by atoms with Crippen LogP contribution in [-0.4, -0.2) is 16.1 Å². The Morgan fingerprint density at radius 1 is 1.30 bits per heavy atom. The van der Waals surface area contributed by atoms with Gasteiger partial charge in [-0.15, -0.1) is 0 Å². The Hall–Kier alpha value is -1.35. The van der Waals surface area contributed by atoms with Gasteiger partial charge in [0.15, 0.2) is 0 Å². The Morgan fingerprint density at radius 3 is 2.95 bits per heavy atom. The number of benzene rings is 1. The van der Waals surface area contributed by atoms with Gasteiger partial charge >= 0.3 is 0 Å². The molecule has 2 aromatic rings. The third-order valence-corrected chi connectivity index (χ3v) is 4.13. The van der Waals surface area contributed by atoms with Crippen molar-refractivity contribution in [3.8, 4) is 0 Å². The van der Waals surface area contributed by atoms with Crippen LogP contribution in [0.3, 0.4) is 0 Å². The monoisotopic (exact) mass is 271 g/mol. The SMILES string of the molecule is CCCn1c(CNCCCC2CC2)nc2ccccc21. The molecule has 1 aliphatic rings. The van der Waals surface area contributed by atoms with E-state index in [0.717, 1.165) is 37.5 Å². The van der Waals surface area contributed by atoms with E-state index >= 15 is 0 Å². The number of aryl methyl sites for hydroxylation is 1. The highest BCUT2D eigenvalue weighted by Crippen LogP contribution is 2.33. The molecule has 1 aromatic heterocycles. The molecule has 0 unspecified atom stereocenters. The van der Waals surface area contributed by atoms with Crippen molar-refractivity contribution in [2.45, 2.75) is 52.1 Å². The van der Waals surface area contributed by atoms with Crippen LogP contribution >= 0.6 is 0 Å². The molecule has 108 valence electrons. The summed E-state index contributed by atoms with van der Waals surface area (Å²) in [7, 11) is 0. The summed E-state index contributed by atoms with van der Waals surface area (Å²) in [4.78, 5) is 4.78. The van der Waals surface area contributed by atoms with Crippen molar-refractivity contribution < 1.29 is 0 Å². The van der Waals surface area contributed by atoms with Gasteiger partial charge in [0.05, 0.1) is 17.6 Å². The summed E-state index contributed by atoms with van der Waals surface area (Å²) >= 11 is 0. The second-order valence-corrected chi connectivity index (χ2v) is 5.93. The van der Waals surface area contributed by atoms with Crippen LogP contribution in [0.2, 0.25) is 0 Å². The molecule has 1 saturated carbocycles. The van der Waals surface area contributed by atoms with Crippen LogP contribution in [0, 0.1) is 5.92 Å². The molecule has 0 aliphatic heterocycles. The van der Waals surface area contributed by atoms with Gasteiger partial charge in [-0.1, -0.05) is 31.9 Å². The summed E-state index contributed by atoms with van der Waals surface area (Å²) in [6, 6.07) is 8.45. The van der Waals surface area contributed by atoms with Crippen molar-refractivity contribution >= 4 is 11.0 Å². The predicted octanol–water partition coefficient (Wildman–Crippen LogP) is 3.73. The third-order valence-electron chi connectivity index (χ3n) is 4.13. The number of fused-ring (bicyclic) bond motifs is 1. The van der Waals surface area contributed by atoms with E-state index in [9.17, 15) is 0 Å². The average Bonchev–Trinajstić information content (AvgIpc) is 3.22. The van der Waals surface area contributed by atoms with Gasteiger partial charge < -0.3 is 9.88 Å². The lowest BCUT2D eigenvalue weighted by Crippen LogP contribution is -2.18. The van der Waals surface area contributed by atoms with Crippen LogP contribution < -0.4 is 5.32 Å². The molecule has 3 heteroatoms. The maximum atomic E-state index is 4.78. The van der Waals surface area contributed by atoms with E-state index in [0.29, 0.717) is 0 Å². The molecule has 0 spiro atoms. The minimum Gasteiger partial charge on any atom is -0.327 e. The minimum absolute atomic E-state index is 0.888. The van der Waals surface area contributed by atoms with Crippen LogP contribution in [0.25, 0.3) is 11.0 Å². The molecule has 1 heterocycles. The van der Waals surface area contributed by atoms with Gasteiger partial charge in [-0.3, -0.25) is 0 Å². The molecule has 0 bridgehead atoms. The van der Waals surface area contributed by atoms with E-state index in [2.05, 4.69) is 41.1 Å². The first-order valence-corrected chi connectivity index (χ1v) is 8.03. The Balaban J connectivity index is 1.61. The van der Waals surface area contributed by atoms with E-state index in [4.69, 9.17) is 4.98 Å². The molecule has 0 amide bonds. The molecular formula is C17H25N3. The molecule has 1 N–H and O–H groups in total. The van der Waals surface area contributed by atoms with Gasteiger partial charge in [0, 0.05) is 6.54 Å². The molecule has 3 rings (SSSR count). The van der Waals surface area contributed by atoms with Crippen LogP contribution in [0.5, 0.6) is 0 Å². The lowest BCUT2D eigenvalue weighted by Gasteiger charge is -2.08. The molecule has 0 saturated heterocycles. The molecule has 1 aliphatic carbocycles. The van der Waals surface area contributed by atoms with Crippen molar-refractivity contribution in [1.82, 2.24) is 14.9 Å². The summed E-state index contributed by atoms with van der Waals surface area (Å²) in [6.45, 7) is 5.28. The van der Waals surface area contributed by atoms with Crippen LogP contribution in [0.15, 0.2) is 24.3 Å². The second kappa shape index (κ2) is 6.40. The van der Waals surface area contributed by atoms with Crippen LogP contribution in [0.1, 0.15) is 44.9 Å². The zero-order valence-corrected chi connectivity index (χ0v) is 12.4. The number of nitrogens with one attached hydrogen (secondary N) is 1. The number of para-hydroxylation sites is 2. The van der Waals surface area contributed by atoms with Crippen molar-refractivity contribution in [2.24, 2.45) is 5.92 Å². The first-order valence-electron chi connectivity index (χ1n) is 8.03. The fourth-order valence-electron chi connectivity index (χ4n) is 2.86. The third kappa shape index (κ3) is 3.21. The van der Waals surface area contributed by atoms with Gasteiger partial charge in [0.2, 0.25) is 0 Å². The second-order valence-electron chi connectivity index (χ2n) is 5.93. The largest absolute Gasteiger partial charge is 0.327 e. The van der Waals surface area contributed by atoms with Gasteiger partial charge in [0.1, 0.15) is 5.82 Å². The Labute approximate surface area is 121 Å². The Bertz CT molecular complexity index is 554. The molecular weight excluding hydrogens is 246 g/mol. The highest BCUT2D eigenvalue weighted by Gasteiger charge is 2.19. The lowest BCUT2D eigenvalue weighted by molar-refractivity contribution is 0.562. The Kier molecular flexibility index (Phi) is 4.36. The Morgan fingerprint density at radius 2 is 2.15 bits per heavy atom. The first kappa shape index (κ1) is 13.6. The molecule has 3 nitrogen and oxygen atoms in total. The molecule has 20 heavy (non-hydrogen) atoms. The summed E-state index contributed by atoms with van der Waals surface area (Å²) in [6.07, 6.45) is 6.78. The number of nitrogens with zero attached hydrogens (tertiary/aromatic N) is 2. The van der Waals surface area contributed by atoms with Crippen molar-refractivity contribution in [2.75, 3.05) is 6.54 Å². The number of imidazole rings is 1. The van der Waals surface area contributed by atoms with Crippen molar-refractivity contribution in [3.05, 3.63) is 30.1 Å². The van der Waals surface area contributed by atoms with Crippen LogP contribution in [-0.2, 0) is 13.1 Å². The number of hydrogen-bond acceptors (Lipinski definition) is 2. The minimum atomic E-state index is 0.888. The lowest BCUT2D eigenvalue weighted by atomic mass is 10.2. The van der Waals surface area contributed by atoms with E-state index in [1.165, 1.54) is 37.0 Å². The summed E-state index contributed by atoms with van der Waals surface area (Å²) < 4.78 is 2.36. The first-order chi connectivity index (χ1) is 9.88. The number of hydrogen-bond donors (Lipinski definition) is 1. The van der Waals surface area contributed by atoms with Crippen LogP contribution in [0.4, 0.5) is 0 Å². The summed E-state index contributed by atoms with van der Waals surface area (Å²) in [5.74, 6) is 2.22. The zero-order chi connectivity index (χ0) is 13.8. The number of aromatic nitrogens is 2. The van der Waals surface area contributed by atoms with Gasteiger partial charge in [-0.2, -0.15) is 0 Å². The van der Waals surface area contributed by atoms with Gasteiger partial charge in [-0.05, 0) is 43.9 Å². The maximum Gasteiger partial charge on any atom is 0.123 e. The fraction of sp³-hybridized carbons (Fsp3) is 0.588. The molecule has 1 fully saturated rings. The van der Waals surface area contributed by atoms with Crippen molar-refractivity contribution in [3.63, 3.8) is 0 Å². The highest BCUT2D eigenvalue weighted by molar-refractivity contribution is 5.75. The standard InChI is InChI=1S/C17H25N3/c1-2-12-20-16-8-4-3-7-15(16)19-17(20)13-18-11-5-6-14-9-10-14/h3-4,7-8,14,18H,2,5-6,9-13H2,1H3. The normalized spacial score (nSPS) is 15.1. The smallest absolute Gasteiger partial charge is 0.123 e. The summed E-state index contributed by atoms with van der Waals surface area (Å²) in [5, 5.41) is 3.56. The molecule has 0 atom stereocenters. The highest BCUT2D eigenvalue weighted by atomic mass is 15.1. The van der Waals surface area contributed by atoms with Gasteiger partial charge in [0.25, 0.3) is 0 Å².